The van der Waals surface area contributed by atoms with E-state index in [4.69, 9.17) is 27.9 Å². The molecule has 1 aromatic carbocycles. The molecule has 0 spiro atoms. The Balaban J connectivity index is 1.37. The minimum absolute atomic E-state index is 0.0119. The fraction of sp³-hybridized carbons (Fsp3) is 0.440. The van der Waals surface area contributed by atoms with Crippen molar-refractivity contribution in [2.75, 3.05) is 0 Å². The molecular formula is C25H25Cl2F3OS. The van der Waals surface area contributed by atoms with Gasteiger partial charge in [0, 0.05) is 15.3 Å². The summed E-state index contributed by atoms with van der Waals surface area (Å²) in [5, 5.41) is 0.965. The summed E-state index contributed by atoms with van der Waals surface area (Å²) < 4.78 is 45.0. The van der Waals surface area contributed by atoms with Crippen LogP contribution in [0.25, 0.3) is 5.57 Å². The topological polar surface area (TPSA) is 9.23 Å². The number of hydrogen-bond acceptors (Lipinski definition) is 2. The van der Waals surface area contributed by atoms with Crippen molar-refractivity contribution in [3.63, 3.8) is 0 Å². The van der Waals surface area contributed by atoms with Crippen molar-refractivity contribution in [1.29, 1.82) is 0 Å². The third-order valence-corrected chi connectivity index (χ3v) is 7.82. The van der Waals surface area contributed by atoms with Crippen LogP contribution in [0, 0.1) is 11.8 Å². The molecule has 2 aliphatic rings. The first-order valence-electron chi connectivity index (χ1n) is 10.7. The van der Waals surface area contributed by atoms with Gasteiger partial charge in [0.25, 0.3) is 0 Å². The van der Waals surface area contributed by atoms with Gasteiger partial charge in [-0.2, -0.15) is 13.2 Å². The highest BCUT2D eigenvalue weighted by Crippen LogP contribution is 2.58. The molecule has 0 radical (unpaired) electrons. The van der Waals surface area contributed by atoms with E-state index in [1.165, 1.54) is 11.0 Å². The molecule has 0 bridgehead atoms. The van der Waals surface area contributed by atoms with Crippen molar-refractivity contribution in [3.05, 3.63) is 67.4 Å². The molecule has 32 heavy (non-hydrogen) atoms. The molecule has 1 fully saturated rings. The van der Waals surface area contributed by atoms with E-state index in [2.05, 4.69) is 6.07 Å². The second-order valence-corrected chi connectivity index (χ2v) is 11.3. The Bertz CT molecular complexity index is 1080. The Kier molecular flexibility index (Phi) is 6.47. The lowest BCUT2D eigenvalue weighted by atomic mass is 9.97. The molecule has 2 aliphatic carbocycles. The SMILES string of the molecule is CC(C)(C)Oc1ccc(CCCc2ccc(C3=CC=C(C(F)(F)F)C4CC34)s2)c(Cl)c1Cl. The third-order valence-electron chi connectivity index (χ3n) is 5.72. The number of thiophene rings is 1. The zero-order valence-corrected chi connectivity index (χ0v) is 20.5. The van der Waals surface area contributed by atoms with Crippen LogP contribution < -0.4 is 4.74 Å². The monoisotopic (exact) mass is 500 g/mol. The standard InChI is InChI=1S/C25H25Cl2F3OS/c1-24(2,3)31-20-11-7-14(22(26)23(20)27)5-4-6-15-8-12-21(32-15)16-9-10-19(25(28,29)30)18-13-17(16)18/h7-12,17-18H,4-6,13H2,1-3H3. The summed E-state index contributed by atoms with van der Waals surface area (Å²) in [6.45, 7) is 5.87. The molecule has 1 saturated carbocycles. The summed E-state index contributed by atoms with van der Waals surface area (Å²) in [4.78, 5) is 2.30. The van der Waals surface area contributed by atoms with Crippen molar-refractivity contribution in [2.24, 2.45) is 11.8 Å². The molecule has 7 heteroatoms. The average Bonchev–Trinajstić information content (AvgIpc) is 3.35. The molecule has 4 rings (SSSR count). The van der Waals surface area contributed by atoms with E-state index in [0.717, 1.165) is 35.3 Å². The minimum Gasteiger partial charge on any atom is -0.487 e. The van der Waals surface area contributed by atoms with E-state index in [1.54, 1.807) is 17.4 Å². The Labute approximate surface area is 200 Å². The van der Waals surface area contributed by atoms with Crippen LogP contribution in [-0.2, 0) is 12.8 Å². The fourth-order valence-corrected chi connectivity index (χ4v) is 5.78. The summed E-state index contributed by atoms with van der Waals surface area (Å²) >= 11 is 14.6. The van der Waals surface area contributed by atoms with Crippen molar-refractivity contribution in [3.8, 4) is 5.75 Å². The minimum atomic E-state index is -4.22. The normalized spacial score (nSPS) is 20.5. The molecule has 2 atom stereocenters. The Morgan fingerprint density at radius 2 is 1.72 bits per heavy atom. The van der Waals surface area contributed by atoms with Crippen molar-refractivity contribution < 1.29 is 17.9 Å². The van der Waals surface area contributed by atoms with Gasteiger partial charge < -0.3 is 4.74 Å². The van der Waals surface area contributed by atoms with Crippen molar-refractivity contribution >= 4 is 40.1 Å². The molecule has 0 N–H and O–H groups in total. The predicted molar refractivity (Wildman–Crippen MR) is 127 cm³/mol. The smallest absolute Gasteiger partial charge is 0.412 e. The van der Waals surface area contributed by atoms with Crippen LogP contribution in [0.3, 0.4) is 0 Å². The molecule has 2 aromatic rings. The van der Waals surface area contributed by atoms with Crippen LogP contribution in [0.1, 0.15) is 48.9 Å². The van der Waals surface area contributed by atoms with Crippen LogP contribution in [-0.4, -0.2) is 11.8 Å². The second-order valence-electron chi connectivity index (χ2n) is 9.38. The third kappa shape index (κ3) is 5.21. The quantitative estimate of drug-likeness (QED) is 0.384. The van der Waals surface area contributed by atoms with E-state index >= 15 is 0 Å². The summed E-state index contributed by atoms with van der Waals surface area (Å²) in [6.07, 6.45) is 1.87. The Hall–Kier alpha value is -1.43. The first-order valence-corrected chi connectivity index (χ1v) is 12.3. The molecule has 0 amide bonds. The van der Waals surface area contributed by atoms with E-state index in [9.17, 15) is 13.2 Å². The van der Waals surface area contributed by atoms with Gasteiger partial charge in [-0.25, -0.2) is 0 Å². The van der Waals surface area contributed by atoms with Gasteiger partial charge in [0.2, 0.25) is 0 Å². The molecule has 1 heterocycles. The van der Waals surface area contributed by atoms with Gasteiger partial charge in [0.1, 0.15) is 16.4 Å². The van der Waals surface area contributed by atoms with E-state index in [0.29, 0.717) is 22.2 Å². The van der Waals surface area contributed by atoms with Gasteiger partial charge >= 0.3 is 6.18 Å². The van der Waals surface area contributed by atoms with Gasteiger partial charge in [0.05, 0.1) is 5.02 Å². The van der Waals surface area contributed by atoms with E-state index < -0.39 is 6.18 Å². The maximum absolute atomic E-state index is 13.1. The Morgan fingerprint density at radius 1 is 0.969 bits per heavy atom. The highest BCUT2D eigenvalue weighted by molar-refractivity contribution is 7.13. The van der Waals surface area contributed by atoms with Crippen molar-refractivity contribution in [2.45, 2.75) is 58.2 Å². The first kappa shape index (κ1) is 23.7. The summed E-state index contributed by atoms with van der Waals surface area (Å²) in [6, 6.07) is 7.94. The second kappa shape index (κ2) is 8.73. The van der Waals surface area contributed by atoms with Gasteiger partial charge in [-0.3, -0.25) is 0 Å². The van der Waals surface area contributed by atoms with Crippen LogP contribution >= 0.6 is 34.5 Å². The average molecular weight is 501 g/mol. The highest BCUT2D eigenvalue weighted by Gasteiger charge is 2.52. The fourth-order valence-electron chi connectivity index (χ4n) is 4.17. The lowest BCUT2D eigenvalue weighted by Gasteiger charge is -2.22. The largest absolute Gasteiger partial charge is 0.487 e. The summed E-state index contributed by atoms with van der Waals surface area (Å²) in [5.41, 5.74) is 1.29. The number of allylic oxidation sites excluding steroid dienone is 4. The number of hydrogen-bond donors (Lipinski definition) is 0. The van der Waals surface area contributed by atoms with Crippen LogP contribution in [0.5, 0.6) is 5.75 Å². The summed E-state index contributed by atoms with van der Waals surface area (Å²) in [7, 11) is 0. The number of fused-ring (bicyclic) bond motifs is 1. The zero-order valence-electron chi connectivity index (χ0n) is 18.2. The number of aryl methyl sites for hydroxylation is 2. The zero-order chi connectivity index (χ0) is 23.3. The molecular weight excluding hydrogens is 476 g/mol. The van der Waals surface area contributed by atoms with Gasteiger partial charge in [0.15, 0.2) is 0 Å². The maximum Gasteiger partial charge on any atom is 0.412 e. The molecule has 1 nitrogen and oxygen atoms in total. The summed E-state index contributed by atoms with van der Waals surface area (Å²) in [5.74, 6) is 0.230. The predicted octanol–water partition coefficient (Wildman–Crippen LogP) is 8.93. The lowest BCUT2D eigenvalue weighted by Crippen LogP contribution is -2.23. The maximum atomic E-state index is 13.1. The first-order chi connectivity index (χ1) is 14.9. The molecule has 2 unspecified atom stereocenters. The highest BCUT2D eigenvalue weighted by atomic mass is 35.5. The molecule has 172 valence electrons. The number of halogens is 5. The van der Waals surface area contributed by atoms with Crippen LogP contribution in [0.15, 0.2) is 42.0 Å². The number of alkyl halides is 3. The molecule has 0 aliphatic heterocycles. The number of ether oxygens (including phenoxy) is 1. The molecule has 1 aromatic heterocycles. The number of rotatable bonds is 6. The lowest BCUT2D eigenvalue weighted by molar-refractivity contribution is -0.0958. The van der Waals surface area contributed by atoms with Crippen LogP contribution in [0.4, 0.5) is 13.2 Å². The Morgan fingerprint density at radius 3 is 2.41 bits per heavy atom. The van der Waals surface area contributed by atoms with Gasteiger partial charge in [-0.15, -0.1) is 11.3 Å². The van der Waals surface area contributed by atoms with Crippen LogP contribution in [0.2, 0.25) is 10.0 Å². The van der Waals surface area contributed by atoms with Gasteiger partial charge in [-0.1, -0.05) is 41.4 Å². The van der Waals surface area contributed by atoms with E-state index in [1.807, 2.05) is 39.0 Å². The number of benzene rings is 1. The van der Waals surface area contributed by atoms with E-state index in [-0.39, 0.29) is 23.0 Å². The van der Waals surface area contributed by atoms with Gasteiger partial charge in [-0.05, 0) is 87.6 Å². The van der Waals surface area contributed by atoms with Crippen molar-refractivity contribution in [1.82, 2.24) is 0 Å². The molecule has 0 saturated heterocycles.